The second-order valence-electron chi connectivity index (χ2n) is 7.95. The predicted molar refractivity (Wildman–Crippen MR) is 135 cm³/mol. The Labute approximate surface area is 197 Å². The molecule has 0 saturated carbocycles. The minimum absolute atomic E-state index is 0.434. The molecule has 0 radical (unpaired) electrons. The van der Waals surface area contributed by atoms with Crippen LogP contribution < -0.4 is 0 Å². The van der Waals surface area contributed by atoms with Crippen molar-refractivity contribution in [1.82, 2.24) is 0 Å². The molecule has 1 spiro atoms. The van der Waals surface area contributed by atoms with E-state index >= 15 is 0 Å². The molecule has 0 N–H and O–H groups in total. The quantitative estimate of drug-likeness (QED) is 0.302. The molecule has 0 amide bonds. The number of para-hydroxylation sites is 2. The lowest BCUT2D eigenvalue weighted by atomic mass is 10.1. The number of hydrogen-bond donors (Lipinski definition) is 0. The first-order chi connectivity index (χ1) is 15.7. The van der Waals surface area contributed by atoms with Gasteiger partial charge in [-0.25, -0.2) is 0 Å². The van der Waals surface area contributed by atoms with Crippen molar-refractivity contribution in [2.45, 2.75) is 21.0 Å². The third-order valence-corrected chi connectivity index (χ3v) is 9.03. The fourth-order valence-corrected chi connectivity index (χ4v) is 7.42. The molecule has 6 rings (SSSR count). The largest absolute Gasteiger partial charge is 0.470 e. The standard InChI is InChI=1S/C28H22N2S2/c1-21-11-10-13-23-20-30(25-16-6-3-7-17-25)28(32-27(21)23)29(24-14-4-2-5-15-24)19-22-12-8-9-18-26(22)31-28/h2-20H,1H3/q+2. The maximum absolute atomic E-state index is 2.43. The van der Waals surface area contributed by atoms with Gasteiger partial charge in [-0.15, -0.1) is 9.15 Å². The highest BCUT2D eigenvalue weighted by atomic mass is 32.2. The van der Waals surface area contributed by atoms with Crippen LogP contribution in [0.25, 0.3) is 0 Å². The van der Waals surface area contributed by atoms with Crippen LogP contribution in [0.4, 0.5) is 11.4 Å². The highest BCUT2D eigenvalue weighted by molar-refractivity contribution is 8.17. The van der Waals surface area contributed by atoms with Crippen LogP contribution >= 0.6 is 23.5 Å². The van der Waals surface area contributed by atoms with Gasteiger partial charge >= 0.3 is 4.33 Å². The Morgan fingerprint density at radius 3 is 1.81 bits per heavy atom. The maximum Gasteiger partial charge on any atom is 0.470 e. The SMILES string of the molecule is Cc1cccc2c1SC1(Sc3ccccc3C=[N+]1c1ccccc1)[N+](c1ccccc1)=C2. The van der Waals surface area contributed by atoms with Crippen LogP contribution in [0.3, 0.4) is 0 Å². The monoisotopic (exact) mass is 450 g/mol. The van der Waals surface area contributed by atoms with E-state index in [1.54, 1.807) is 0 Å². The van der Waals surface area contributed by atoms with E-state index in [1.165, 1.54) is 37.9 Å². The minimum Gasteiger partial charge on any atom is -0.114 e. The third kappa shape index (κ3) is 3.14. The average molecular weight is 451 g/mol. The Hall–Kier alpha value is -3.08. The molecule has 4 aromatic carbocycles. The molecule has 0 fully saturated rings. The second kappa shape index (κ2) is 7.80. The summed E-state index contributed by atoms with van der Waals surface area (Å²) in [6.07, 6.45) is 4.63. The van der Waals surface area contributed by atoms with Crippen LogP contribution in [0, 0.1) is 6.92 Å². The predicted octanol–water partition coefficient (Wildman–Crippen LogP) is 7.04. The molecule has 4 aromatic rings. The van der Waals surface area contributed by atoms with Gasteiger partial charge in [-0.05, 0) is 30.7 Å². The molecule has 2 aliphatic rings. The van der Waals surface area contributed by atoms with Crippen molar-refractivity contribution in [3.63, 3.8) is 0 Å². The van der Waals surface area contributed by atoms with Gasteiger partial charge in [0.05, 0.1) is 11.1 Å². The summed E-state index contributed by atoms with van der Waals surface area (Å²) in [5.74, 6) is 0. The summed E-state index contributed by atoms with van der Waals surface area (Å²) in [5.41, 5.74) is 6.16. The highest BCUT2D eigenvalue weighted by Crippen LogP contribution is 2.55. The van der Waals surface area contributed by atoms with Gasteiger partial charge in [0.2, 0.25) is 11.4 Å². The van der Waals surface area contributed by atoms with Crippen molar-refractivity contribution in [3.05, 3.63) is 120 Å². The molecule has 0 aromatic heterocycles. The first-order valence-corrected chi connectivity index (χ1v) is 12.3. The van der Waals surface area contributed by atoms with Gasteiger partial charge in [0.1, 0.15) is 0 Å². The van der Waals surface area contributed by atoms with Crippen LogP contribution in [0.2, 0.25) is 0 Å². The number of rotatable bonds is 2. The van der Waals surface area contributed by atoms with E-state index in [9.17, 15) is 0 Å². The summed E-state index contributed by atoms with van der Waals surface area (Å²) in [6, 6.07) is 36.7. The number of thioether (sulfide) groups is 2. The molecule has 1 unspecified atom stereocenters. The molecule has 32 heavy (non-hydrogen) atoms. The molecule has 0 aliphatic carbocycles. The molecule has 2 nitrogen and oxygen atoms in total. The van der Waals surface area contributed by atoms with Crippen molar-refractivity contribution >= 4 is 47.3 Å². The number of benzene rings is 4. The van der Waals surface area contributed by atoms with Crippen molar-refractivity contribution in [1.29, 1.82) is 0 Å². The van der Waals surface area contributed by atoms with Crippen LogP contribution in [0.15, 0.2) is 113 Å². The van der Waals surface area contributed by atoms with Gasteiger partial charge in [0.15, 0.2) is 12.4 Å². The van der Waals surface area contributed by atoms with E-state index in [1.807, 2.05) is 23.5 Å². The molecule has 4 heteroatoms. The van der Waals surface area contributed by atoms with Gasteiger partial charge in [0, 0.05) is 57.6 Å². The Morgan fingerprint density at radius 1 is 0.562 bits per heavy atom. The van der Waals surface area contributed by atoms with Gasteiger partial charge in [0.25, 0.3) is 0 Å². The lowest BCUT2D eigenvalue weighted by molar-refractivity contribution is -0.690. The summed E-state index contributed by atoms with van der Waals surface area (Å²) < 4.78 is 4.43. The molecule has 2 aliphatic heterocycles. The fourth-order valence-electron chi connectivity index (χ4n) is 4.30. The summed E-state index contributed by atoms with van der Waals surface area (Å²) in [7, 11) is 0. The summed E-state index contributed by atoms with van der Waals surface area (Å²) >= 11 is 3.84. The number of nitrogens with zero attached hydrogens (tertiary/aromatic N) is 2. The molecular formula is C28H22N2S2+2. The molecule has 0 bridgehead atoms. The number of aryl methyl sites for hydroxylation is 1. The topological polar surface area (TPSA) is 6.02 Å². The van der Waals surface area contributed by atoms with Crippen molar-refractivity contribution in [3.8, 4) is 0 Å². The van der Waals surface area contributed by atoms with Crippen molar-refractivity contribution in [2.75, 3.05) is 0 Å². The Bertz CT molecular complexity index is 1380. The number of fused-ring (bicyclic) bond motifs is 2. The summed E-state index contributed by atoms with van der Waals surface area (Å²) in [5, 5.41) is 0. The smallest absolute Gasteiger partial charge is 0.114 e. The van der Waals surface area contributed by atoms with Gasteiger partial charge in [-0.3, -0.25) is 0 Å². The van der Waals surface area contributed by atoms with E-state index in [-0.39, 0.29) is 0 Å². The zero-order valence-corrected chi connectivity index (χ0v) is 19.3. The molecule has 0 saturated heterocycles. The van der Waals surface area contributed by atoms with Crippen molar-refractivity contribution < 1.29 is 9.15 Å². The van der Waals surface area contributed by atoms with Crippen LogP contribution in [0.1, 0.15) is 16.7 Å². The zero-order valence-electron chi connectivity index (χ0n) is 17.7. The van der Waals surface area contributed by atoms with E-state index < -0.39 is 4.33 Å². The molecular weight excluding hydrogens is 428 g/mol. The minimum atomic E-state index is -0.434. The normalized spacial score (nSPS) is 19.0. The van der Waals surface area contributed by atoms with Crippen LogP contribution in [0.5, 0.6) is 0 Å². The Kier molecular flexibility index (Phi) is 4.78. The Morgan fingerprint density at radius 2 is 1.12 bits per heavy atom. The summed E-state index contributed by atoms with van der Waals surface area (Å²) in [6.45, 7) is 2.21. The third-order valence-electron chi connectivity index (χ3n) is 5.85. The first kappa shape index (κ1) is 19.6. The first-order valence-electron chi connectivity index (χ1n) is 10.7. The lowest BCUT2D eigenvalue weighted by Crippen LogP contribution is -2.47. The average Bonchev–Trinajstić information content (AvgIpc) is 2.85. The maximum atomic E-state index is 2.43. The zero-order chi connectivity index (χ0) is 21.5. The van der Waals surface area contributed by atoms with Gasteiger partial charge in [-0.1, -0.05) is 60.7 Å². The number of hydrogen-bond acceptors (Lipinski definition) is 2. The molecule has 2 heterocycles. The fraction of sp³-hybridized carbons (Fsp3) is 0.0714. The van der Waals surface area contributed by atoms with Crippen molar-refractivity contribution in [2.24, 2.45) is 0 Å². The summed E-state index contributed by atoms with van der Waals surface area (Å²) in [4.78, 5) is 2.62. The van der Waals surface area contributed by atoms with E-state index in [0.29, 0.717) is 0 Å². The van der Waals surface area contributed by atoms with Crippen LogP contribution in [-0.4, -0.2) is 25.9 Å². The van der Waals surface area contributed by atoms with E-state index in [2.05, 4.69) is 132 Å². The highest BCUT2D eigenvalue weighted by Gasteiger charge is 2.61. The van der Waals surface area contributed by atoms with Gasteiger partial charge < -0.3 is 0 Å². The molecule has 1 atom stereocenters. The molecule has 154 valence electrons. The second-order valence-corrected chi connectivity index (χ2v) is 10.6. The van der Waals surface area contributed by atoms with E-state index in [0.717, 1.165) is 0 Å². The Balaban J connectivity index is 1.67. The lowest BCUT2D eigenvalue weighted by Gasteiger charge is -2.31. The van der Waals surface area contributed by atoms with Crippen LogP contribution in [-0.2, 0) is 0 Å². The van der Waals surface area contributed by atoms with E-state index in [4.69, 9.17) is 0 Å². The van der Waals surface area contributed by atoms with Gasteiger partial charge in [-0.2, -0.15) is 0 Å².